The number of sulfonamides is 1. The van der Waals surface area contributed by atoms with E-state index >= 15 is 0 Å². The van der Waals surface area contributed by atoms with Crippen molar-refractivity contribution in [1.82, 2.24) is 9.21 Å². The van der Waals surface area contributed by atoms with Gasteiger partial charge in [0.15, 0.2) is 5.25 Å². The molecule has 0 spiro atoms. The monoisotopic (exact) mass is 291 g/mol. The lowest BCUT2D eigenvalue weighted by atomic mass is 10.2. The number of nitrogens with zero attached hydrogens (tertiary/aromatic N) is 2. The summed E-state index contributed by atoms with van der Waals surface area (Å²) in [6.07, 6.45) is 0. The SMILES string of the molecule is CC(C)C(=O)N1CCN(S(=O)(=O)C(C)C(N)=O)CC1. The first kappa shape index (κ1) is 15.9. The summed E-state index contributed by atoms with van der Waals surface area (Å²) >= 11 is 0. The van der Waals surface area contributed by atoms with Gasteiger partial charge >= 0.3 is 0 Å². The number of hydrogen-bond acceptors (Lipinski definition) is 4. The summed E-state index contributed by atoms with van der Waals surface area (Å²) in [5.74, 6) is -0.951. The summed E-state index contributed by atoms with van der Waals surface area (Å²) in [5, 5.41) is -1.24. The Labute approximate surface area is 113 Å². The van der Waals surface area contributed by atoms with Gasteiger partial charge in [0.25, 0.3) is 0 Å². The van der Waals surface area contributed by atoms with Crippen molar-refractivity contribution in [2.45, 2.75) is 26.0 Å². The molecule has 1 heterocycles. The number of primary amides is 1. The molecule has 110 valence electrons. The zero-order valence-electron chi connectivity index (χ0n) is 11.5. The molecule has 2 N–H and O–H groups in total. The van der Waals surface area contributed by atoms with Gasteiger partial charge in [-0.2, -0.15) is 4.31 Å². The Hall–Kier alpha value is -1.15. The van der Waals surface area contributed by atoms with Crippen LogP contribution in [0.15, 0.2) is 0 Å². The molecule has 0 aromatic carbocycles. The van der Waals surface area contributed by atoms with Crippen LogP contribution in [0.3, 0.4) is 0 Å². The Kier molecular flexibility index (Phi) is 4.92. The number of carbonyl (C=O) groups is 2. The molecule has 2 amide bonds. The average Bonchev–Trinajstić information content (AvgIpc) is 2.36. The maximum absolute atomic E-state index is 12.1. The lowest BCUT2D eigenvalue weighted by Gasteiger charge is -2.35. The van der Waals surface area contributed by atoms with Crippen LogP contribution in [0.25, 0.3) is 0 Å². The van der Waals surface area contributed by atoms with Crippen LogP contribution >= 0.6 is 0 Å². The second kappa shape index (κ2) is 5.87. The van der Waals surface area contributed by atoms with Crippen molar-refractivity contribution in [1.29, 1.82) is 0 Å². The second-order valence-electron chi connectivity index (χ2n) is 4.97. The van der Waals surface area contributed by atoms with Gasteiger partial charge in [0.1, 0.15) is 0 Å². The highest BCUT2D eigenvalue weighted by molar-refractivity contribution is 7.90. The smallest absolute Gasteiger partial charge is 0.236 e. The van der Waals surface area contributed by atoms with Crippen LogP contribution in [0.1, 0.15) is 20.8 Å². The zero-order valence-corrected chi connectivity index (χ0v) is 12.3. The van der Waals surface area contributed by atoms with Gasteiger partial charge in [-0.3, -0.25) is 9.59 Å². The summed E-state index contributed by atoms with van der Waals surface area (Å²) in [4.78, 5) is 24.4. The molecule has 1 fully saturated rings. The van der Waals surface area contributed by atoms with Crippen molar-refractivity contribution in [3.05, 3.63) is 0 Å². The van der Waals surface area contributed by atoms with E-state index in [0.717, 1.165) is 0 Å². The number of amides is 2. The lowest BCUT2D eigenvalue weighted by Crippen LogP contribution is -2.54. The molecule has 1 rings (SSSR count). The fourth-order valence-electron chi connectivity index (χ4n) is 1.90. The average molecular weight is 291 g/mol. The minimum Gasteiger partial charge on any atom is -0.369 e. The number of nitrogens with two attached hydrogens (primary N) is 1. The molecule has 0 aliphatic carbocycles. The van der Waals surface area contributed by atoms with Crippen molar-refractivity contribution < 1.29 is 18.0 Å². The second-order valence-corrected chi connectivity index (χ2v) is 7.22. The van der Waals surface area contributed by atoms with Crippen molar-refractivity contribution in [2.24, 2.45) is 11.7 Å². The fraction of sp³-hybridized carbons (Fsp3) is 0.818. The molecular formula is C11H21N3O4S. The molecular weight excluding hydrogens is 270 g/mol. The van der Waals surface area contributed by atoms with Crippen LogP contribution in [0.4, 0.5) is 0 Å². The summed E-state index contributed by atoms with van der Waals surface area (Å²) in [7, 11) is -3.71. The summed E-state index contributed by atoms with van der Waals surface area (Å²) in [6, 6.07) is 0. The van der Waals surface area contributed by atoms with Gasteiger partial charge in [0, 0.05) is 32.1 Å². The Morgan fingerprint density at radius 1 is 1.05 bits per heavy atom. The van der Waals surface area contributed by atoms with Crippen LogP contribution in [0.2, 0.25) is 0 Å². The van der Waals surface area contributed by atoms with Gasteiger partial charge in [-0.1, -0.05) is 13.8 Å². The van der Waals surface area contributed by atoms with Crippen LogP contribution in [0.5, 0.6) is 0 Å². The third-order valence-corrected chi connectivity index (χ3v) is 5.46. The van der Waals surface area contributed by atoms with Gasteiger partial charge in [-0.25, -0.2) is 8.42 Å². The Morgan fingerprint density at radius 2 is 1.53 bits per heavy atom. The maximum Gasteiger partial charge on any atom is 0.236 e. The van der Waals surface area contributed by atoms with Crippen molar-refractivity contribution in [3.63, 3.8) is 0 Å². The predicted molar refractivity (Wildman–Crippen MR) is 70.6 cm³/mol. The van der Waals surface area contributed by atoms with E-state index in [1.807, 2.05) is 0 Å². The molecule has 0 aromatic heterocycles. The van der Waals surface area contributed by atoms with E-state index in [0.29, 0.717) is 13.1 Å². The van der Waals surface area contributed by atoms with Crippen LogP contribution in [0, 0.1) is 5.92 Å². The highest BCUT2D eigenvalue weighted by atomic mass is 32.2. The molecule has 0 saturated carbocycles. The first-order valence-corrected chi connectivity index (χ1v) is 7.75. The summed E-state index contributed by atoms with van der Waals surface area (Å²) in [5.41, 5.74) is 5.03. The van der Waals surface area contributed by atoms with E-state index in [4.69, 9.17) is 5.73 Å². The van der Waals surface area contributed by atoms with Crippen molar-refractivity contribution in [3.8, 4) is 0 Å². The first-order chi connectivity index (χ1) is 8.67. The van der Waals surface area contributed by atoms with Gasteiger partial charge in [-0.15, -0.1) is 0 Å². The number of carbonyl (C=O) groups excluding carboxylic acids is 2. The van der Waals surface area contributed by atoms with Crippen LogP contribution in [-0.4, -0.2) is 60.9 Å². The quantitative estimate of drug-likeness (QED) is 0.717. The fourth-order valence-corrected chi connectivity index (χ4v) is 3.31. The van der Waals surface area contributed by atoms with E-state index < -0.39 is 21.2 Å². The highest BCUT2D eigenvalue weighted by Crippen LogP contribution is 2.14. The zero-order chi connectivity index (χ0) is 14.8. The Balaban J connectivity index is 2.69. The maximum atomic E-state index is 12.1. The largest absolute Gasteiger partial charge is 0.369 e. The molecule has 1 saturated heterocycles. The lowest BCUT2D eigenvalue weighted by molar-refractivity contribution is -0.135. The van der Waals surface area contributed by atoms with Gasteiger partial charge in [0.2, 0.25) is 21.8 Å². The van der Waals surface area contributed by atoms with Gasteiger partial charge in [0.05, 0.1) is 0 Å². The normalized spacial score (nSPS) is 19.5. The number of piperazine rings is 1. The molecule has 1 aliphatic heterocycles. The first-order valence-electron chi connectivity index (χ1n) is 6.25. The molecule has 19 heavy (non-hydrogen) atoms. The summed E-state index contributed by atoms with van der Waals surface area (Å²) in [6.45, 7) is 6.00. The molecule has 0 bridgehead atoms. The molecule has 0 aromatic rings. The van der Waals surface area contributed by atoms with Gasteiger partial charge in [-0.05, 0) is 6.92 Å². The Morgan fingerprint density at radius 3 is 1.89 bits per heavy atom. The van der Waals surface area contributed by atoms with Gasteiger partial charge < -0.3 is 10.6 Å². The van der Waals surface area contributed by atoms with Crippen molar-refractivity contribution >= 4 is 21.8 Å². The van der Waals surface area contributed by atoms with Crippen LogP contribution < -0.4 is 5.73 Å². The third kappa shape index (κ3) is 3.44. The molecule has 1 atom stereocenters. The molecule has 7 nitrogen and oxygen atoms in total. The van der Waals surface area contributed by atoms with E-state index in [2.05, 4.69) is 0 Å². The minimum atomic E-state index is -3.71. The van der Waals surface area contributed by atoms with E-state index in [1.165, 1.54) is 11.2 Å². The summed E-state index contributed by atoms with van der Waals surface area (Å²) < 4.78 is 25.3. The highest BCUT2D eigenvalue weighted by Gasteiger charge is 2.35. The minimum absolute atomic E-state index is 0.0139. The van der Waals surface area contributed by atoms with E-state index in [9.17, 15) is 18.0 Å². The molecule has 0 radical (unpaired) electrons. The Bertz CT molecular complexity index is 453. The molecule has 8 heteroatoms. The van der Waals surface area contributed by atoms with Crippen LogP contribution in [-0.2, 0) is 19.6 Å². The molecule has 1 unspecified atom stereocenters. The van der Waals surface area contributed by atoms with E-state index in [1.54, 1.807) is 18.7 Å². The molecule has 1 aliphatic rings. The predicted octanol–water partition coefficient (Wildman–Crippen LogP) is -1.01. The number of hydrogen-bond donors (Lipinski definition) is 1. The third-order valence-electron chi connectivity index (χ3n) is 3.25. The van der Waals surface area contributed by atoms with E-state index in [-0.39, 0.29) is 24.9 Å². The standard InChI is InChI=1S/C11H21N3O4S/c1-8(2)11(16)13-4-6-14(7-5-13)19(17,18)9(3)10(12)15/h8-9H,4-7H2,1-3H3,(H2,12,15). The number of rotatable bonds is 4. The topological polar surface area (TPSA) is 101 Å². The van der Waals surface area contributed by atoms with Crippen molar-refractivity contribution in [2.75, 3.05) is 26.2 Å².